The second-order valence-electron chi connectivity index (χ2n) is 7.04. The lowest BCUT2D eigenvalue weighted by Crippen LogP contribution is -2.36. The average Bonchev–Trinajstić information content (AvgIpc) is 3.27. The molecular weight excluding hydrogens is 461 g/mol. The Bertz CT molecular complexity index is 1030. The van der Waals surface area contributed by atoms with Crippen molar-refractivity contribution in [3.8, 4) is 5.75 Å². The fraction of sp³-hybridized carbons (Fsp3) is 0.273. The fourth-order valence-corrected chi connectivity index (χ4v) is 3.56. The van der Waals surface area contributed by atoms with Gasteiger partial charge in [0, 0.05) is 37.1 Å². The van der Waals surface area contributed by atoms with E-state index in [-0.39, 0.29) is 15.8 Å². The van der Waals surface area contributed by atoms with Gasteiger partial charge >= 0.3 is 6.18 Å². The molecule has 0 radical (unpaired) electrons. The van der Waals surface area contributed by atoms with Crippen LogP contribution in [0, 0.1) is 0 Å². The van der Waals surface area contributed by atoms with Gasteiger partial charge in [-0.3, -0.25) is 0 Å². The topological polar surface area (TPSA) is 42.3 Å². The number of halogens is 4. The van der Waals surface area contributed by atoms with Gasteiger partial charge in [0.1, 0.15) is 5.75 Å². The Kier molecular flexibility index (Phi) is 7.98. The van der Waals surface area contributed by atoms with Gasteiger partial charge in [0.15, 0.2) is 5.11 Å². The first-order valence-corrected chi connectivity index (χ1v) is 10.6. The number of rotatable bonds is 8. The van der Waals surface area contributed by atoms with E-state index in [2.05, 4.69) is 10.3 Å². The number of aromatic nitrogens is 2. The van der Waals surface area contributed by atoms with Gasteiger partial charge in [0.05, 0.1) is 24.7 Å². The third-order valence-electron chi connectivity index (χ3n) is 4.75. The van der Waals surface area contributed by atoms with E-state index in [4.69, 9.17) is 28.6 Å². The Hall–Kier alpha value is -2.78. The van der Waals surface area contributed by atoms with Crippen molar-refractivity contribution in [1.29, 1.82) is 0 Å². The zero-order chi connectivity index (χ0) is 23.1. The van der Waals surface area contributed by atoms with Gasteiger partial charge in [-0.15, -0.1) is 0 Å². The highest BCUT2D eigenvalue weighted by atomic mass is 35.5. The van der Waals surface area contributed by atoms with Crippen LogP contribution in [0.15, 0.2) is 61.2 Å². The van der Waals surface area contributed by atoms with Crippen LogP contribution in [-0.2, 0) is 19.3 Å². The zero-order valence-corrected chi connectivity index (χ0v) is 18.8. The van der Waals surface area contributed by atoms with E-state index in [0.29, 0.717) is 19.6 Å². The van der Waals surface area contributed by atoms with Crippen molar-refractivity contribution >= 4 is 34.6 Å². The highest BCUT2D eigenvalue weighted by Gasteiger charge is 2.34. The standard InChI is InChI=1S/C22H22ClF3N4OS/c1-31-18-6-3-16(4-7-18)14-30(11-2-10-29-12-9-27-15-29)21(32)28-20-8-5-17(23)13-19(20)22(24,25)26/h3-9,12-13,15H,2,10-11,14H2,1H3,(H,28,32). The first-order valence-electron chi connectivity index (χ1n) is 9.77. The van der Waals surface area contributed by atoms with Gasteiger partial charge in [-0.05, 0) is 54.5 Å². The predicted octanol–water partition coefficient (Wildman–Crippen LogP) is 5.85. The van der Waals surface area contributed by atoms with E-state index < -0.39 is 11.7 Å². The maximum Gasteiger partial charge on any atom is 0.418 e. The summed E-state index contributed by atoms with van der Waals surface area (Å²) in [6.07, 6.45) is 1.42. The number of aryl methyl sites for hydroxylation is 1. The van der Waals surface area contributed by atoms with Crippen molar-refractivity contribution in [2.75, 3.05) is 19.0 Å². The largest absolute Gasteiger partial charge is 0.497 e. The molecule has 32 heavy (non-hydrogen) atoms. The van der Waals surface area contributed by atoms with Crippen molar-refractivity contribution in [3.63, 3.8) is 0 Å². The predicted molar refractivity (Wildman–Crippen MR) is 123 cm³/mol. The van der Waals surface area contributed by atoms with E-state index in [1.165, 1.54) is 12.1 Å². The van der Waals surface area contributed by atoms with E-state index in [9.17, 15) is 13.2 Å². The Labute approximate surface area is 194 Å². The smallest absolute Gasteiger partial charge is 0.418 e. The lowest BCUT2D eigenvalue weighted by atomic mass is 10.1. The molecule has 0 aliphatic rings. The van der Waals surface area contributed by atoms with E-state index >= 15 is 0 Å². The first kappa shape index (κ1) is 23.9. The van der Waals surface area contributed by atoms with Crippen molar-refractivity contribution < 1.29 is 17.9 Å². The maximum atomic E-state index is 13.5. The van der Waals surface area contributed by atoms with Crippen LogP contribution in [0.5, 0.6) is 5.75 Å². The van der Waals surface area contributed by atoms with Gasteiger partial charge in [0.2, 0.25) is 0 Å². The highest BCUT2D eigenvalue weighted by Crippen LogP contribution is 2.36. The highest BCUT2D eigenvalue weighted by molar-refractivity contribution is 7.80. The fourth-order valence-electron chi connectivity index (χ4n) is 3.12. The molecular formula is C22H22ClF3N4OS. The minimum Gasteiger partial charge on any atom is -0.497 e. The molecule has 3 aromatic rings. The van der Waals surface area contributed by atoms with Crippen LogP contribution >= 0.6 is 23.8 Å². The van der Waals surface area contributed by atoms with Gasteiger partial charge in [-0.1, -0.05) is 23.7 Å². The van der Waals surface area contributed by atoms with Crippen LogP contribution < -0.4 is 10.1 Å². The molecule has 1 heterocycles. The number of nitrogens with one attached hydrogen (secondary N) is 1. The van der Waals surface area contributed by atoms with Crippen LogP contribution in [0.3, 0.4) is 0 Å². The summed E-state index contributed by atoms with van der Waals surface area (Å²) in [5, 5.41) is 2.96. The maximum absolute atomic E-state index is 13.5. The normalized spacial score (nSPS) is 11.3. The van der Waals surface area contributed by atoms with E-state index in [1.807, 2.05) is 39.9 Å². The molecule has 5 nitrogen and oxygen atoms in total. The Morgan fingerprint density at radius 1 is 1.22 bits per heavy atom. The van der Waals surface area contributed by atoms with Crippen LogP contribution in [-0.4, -0.2) is 33.2 Å². The molecule has 0 bridgehead atoms. The molecule has 0 saturated heterocycles. The second-order valence-corrected chi connectivity index (χ2v) is 7.86. The summed E-state index contributed by atoms with van der Waals surface area (Å²) in [4.78, 5) is 5.85. The summed E-state index contributed by atoms with van der Waals surface area (Å²) < 4.78 is 47.6. The molecule has 0 amide bonds. The van der Waals surface area contributed by atoms with Gasteiger partial charge < -0.3 is 19.5 Å². The minimum absolute atomic E-state index is 0.00390. The lowest BCUT2D eigenvalue weighted by molar-refractivity contribution is -0.136. The van der Waals surface area contributed by atoms with E-state index in [0.717, 1.165) is 23.8 Å². The molecule has 3 rings (SSSR count). The van der Waals surface area contributed by atoms with Crippen molar-refractivity contribution in [2.45, 2.75) is 25.7 Å². The summed E-state index contributed by atoms with van der Waals surface area (Å²) in [5.74, 6) is 0.720. The molecule has 0 aliphatic carbocycles. The monoisotopic (exact) mass is 482 g/mol. The summed E-state index contributed by atoms with van der Waals surface area (Å²) in [6, 6.07) is 11.0. The molecule has 1 N–H and O–H groups in total. The molecule has 0 saturated carbocycles. The Balaban J connectivity index is 1.77. The zero-order valence-electron chi connectivity index (χ0n) is 17.3. The minimum atomic E-state index is -4.56. The molecule has 0 aliphatic heterocycles. The summed E-state index contributed by atoms with van der Waals surface area (Å²) in [7, 11) is 1.58. The van der Waals surface area contributed by atoms with Crippen molar-refractivity contribution in [3.05, 3.63) is 77.3 Å². The third kappa shape index (κ3) is 6.61. The lowest BCUT2D eigenvalue weighted by Gasteiger charge is -2.27. The number of benzene rings is 2. The van der Waals surface area contributed by atoms with Crippen LogP contribution in [0.25, 0.3) is 0 Å². The van der Waals surface area contributed by atoms with Crippen LogP contribution in [0.4, 0.5) is 18.9 Å². The molecule has 1 aromatic heterocycles. The van der Waals surface area contributed by atoms with Crippen molar-refractivity contribution in [2.24, 2.45) is 0 Å². The first-order chi connectivity index (χ1) is 15.3. The van der Waals surface area contributed by atoms with Crippen molar-refractivity contribution in [1.82, 2.24) is 14.5 Å². The molecule has 0 spiro atoms. The number of alkyl halides is 3. The number of nitrogens with zero attached hydrogens (tertiary/aromatic N) is 3. The molecule has 10 heteroatoms. The average molecular weight is 483 g/mol. The van der Waals surface area contributed by atoms with E-state index in [1.54, 1.807) is 19.6 Å². The van der Waals surface area contributed by atoms with Gasteiger partial charge in [-0.2, -0.15) is 13.2 Å². The number of thiocarbonyl (C=S) groups is 1. The second kappa shape index (κ2) is 10.7. The number of anilines is 1. The van der Waals surface area contributed by atoms with Gasteiger partial charge in [-0.25, -0.2) is 4.98 Å². The Morgan fingerprint density at radius 2 is 1.97 bits per heavy atom. The number of imidazole rings is 1. The van der Waals surface area contributed by atoms with Crippen LogP contribution in [0.2, 0.25) is 5.02 Å². The summed E-state index contributed by atoms with van der Waals surface area (Å²) >= 11 is 11.3. The molecule has 2 aromatic carbocycles. The molecule has 170 valence electrons. The molecule has 0 atom stereocenters. The number of hydrogen-bond donors (Lipinski definition) is 1. The Morgan fingerprint density at radius 3 is 2.59 bits per heavy atom. The van der Waals surface area contributed by atoms with Gasteiger partial charge in [0.25, 0.3) is 0 Å². The molecule has 0 fully saturated rings. The summed E-state index contributed by atoms with van der Waals surface area (Å²) in [6.45, 7) is 1.66. The third-order valence-corrected chi connectivity index (χ3v) is 5.35. The number of ether oxygens (including phenoxy) is 1. The number of methoxy groups -OCH3 is 1. The van der Waals surface area contributed by atoms with Crippen LogP contribution in [0.1, 0.15) is 17.5 Å². The molecule has 0 unspecified atom stereocenters. The quantitative estimate of drug-likeness (QED) is 0.408. The number of hydrogen-bond acceptors (Lipinski definition) is 3. The summed E-state index contributed by atoms with van der Waals surface area (Å²) in [5.41, 5.74) is -0.0545. The SMILES string of the molecule is COc1ccc(CN(CCCn2ccnc2)C(=S)Nc2ccc(Cl)cc2C(F)(F)F)cc1.